The van der Waals surface area contributed by atoms with Crippen molar-refractivity contribution in [2.45, 2.75) is 39.2 Å². The highest BCUT2D eigenvalue weighted by Gasteiger charge is 2.24. The predicted molar refractivity (Wildman–Crippen MR) is 108 cm³/mol. The standard InChI is InChI=1S/C20H27N3O3S/c1-13-19(27-14(2)21-13)11-20(24)23-9-5-6-16(12-23)22-15-7-8-17(25-3)18(10-15)26-4/h7-8,10,16,22H,5-6,9,11-12H2,1-4H3. The highest BCUT2D eigenvalue weighted by molar-refractivity contribution is 7.11. The molecule has 0 spiro atoms. The van der Waals surface area contributed by atoms with Crippen LogP contribution in [-0.2, 0) is 11.2 Å². The Balaban J connectivity index is 1.62. The van der Waals surface area contributed by atoms with Crippen LogP contribution < -0.4 is 14.8 Å². The average molecular weight is 390 g/mol. The third kappa shape index (κ3) is 4.71. The maximum absolute atomic E-state index is 12.8. The lowest BCUT2D eigenvalue weighted by Gasteiger charge is -2.34. The lowest BCUT2D eigenvalue weighted by molar-refractivity contribution is -0.131. The van der Waals surface area contributed by atoms with Gasteiger partial charge in [-0.1, -0.05) is 0 Å². The number of ether oxygens (including phenoxy) is 2. The monoisotopic (exact) mass is 389 g/mol. The molecule has 1 amide bonds. The van der Waals surface area contributed by atoms with E-state index in [0.717, 1.165) is 40.7 Å². The second-order valence-electron chi connectivity index (χ2n) is 6.81. The van der Waals surface area contributed by atoms with Crippen LogP contribution in [0.15, 0.2) is 18.2 Å². The van der Waals surface area contributed by atoms with Crippen LogP contribution in [0.4, 0.5) is 5.69 Å². The van der Waals surface area contributed by atoms with Gasteiger partial charge >= 0.3 is 0 Å². The number of aromatic nitrogens is 1. The molecular weight excluding hydrogens is 362 g/mol. The molecule has 0 saturated carbocycles. The number of carbonyl (C=O) groups excluding carboxylic acids is 1. The van der Waals surface area contributed by atoms with Crippen molar-refractivity contribution in [3.8, 4) is 11.5 Å². The molecule has 1 unspecified atom stereocenters. The van der Waals surface area contributed by atoms with Crippen molar-refractivity contribution in [2.75, 3.05) is 32.6 Å². The number of aryl methyl sites for hydroxylation is 2. The zero-order valence-electron chi connectivity index (χ0n) is 16.4. The number of piperidine rings is 1. The van der Waals surface area contributed by atoms with E-state index in [1.165, 1.54) is 0 Å². The minimum Gasteiger partial charge on any atom is -0.493 e. The number of benzene rings is 1. The first kappa shape index (κ1) is 19.5. The van der Waals surface area contributed by atoms with E-state index in [1.54, 1.807) is 25.6 Å². The quantitative estimate of drug-likeness (QED) is 0.820. The van der Waals surface area contributed by atoms with Crippen molar-refractivity contribution < 1.29 is 14.3 Å². The van der Waals surface area contributed by atoms with Gasteiger partial charge in [0.2, 0.25) is 5.91 Å². The molecule has 1 aliphatic heterocycles. The van der Waals surface area contributed by atoms with Crippen LogP contribution in [0.2, 0.25) is 0 Å². The fourth-order valence-electron chi connectivity index (χ4n) is 3.47. The van der Waals surface area contributed by atoms with Crippen LogP contribution >= 0.6 is 11.3 Å². The molecule has 1 saturated heterocycles. The fraction of sp³-hybridized carbons (Fsp3) is 0.500. The Hall–Kier alpha value is -2.28. The molecule has 3 rings (SSSR count). The van der Waals surface area contributed by atoms with Crippen molar-refractivity contribution >= 4 is 22.9 Å². The van der Waals surface area contributed by atoms with E-state index >= 15 is 0 Å². The minimum atomic E-state index is 0.181. The largest absolute Gasteiger partial charge is 0.493 e. The second-order valence-corrected chi connectivity index (χ2v) is 8.10. The SMILES string of the molecule is COc1ccc(NC2CCCN(C(=O)Cc3sc(C)nc3C)C2)cc1OC. The van der Waals surface area contributed by atoms with Crippen molar-refractivity contribution in [3.63, 3.8) is 0 Å². The van der Waals surface area contributed by atoms with Crippen LogP contribution in [0.25, 0.3) is 0 Å². The van der Waals surface area contributed by atoms with Gasteiger partial charge in [-0.05, 0) is 38.8 Å². The van der Waals surface area contributed by atoms with Crippen LogP contribution in [0.1, 0.15) is 28.4 Å². The van der Waals surface area contributed by atoms with E-state index in [2.05, 4.69) is 10.3 Å². The zero-order valence-corrected chi connectivity index (χ0v) is 17.2. The second kappa shape index (κ2) is 8.61. The highest BCUT2D eigenvalue weighted by Crippen LogP contribution is 2.30. The Morgan fingerprint density at radius 2 is 2.07 bits per heavy atom. The number of amides is 1. The molecule has 7 heteroatoms. The number of thiazole rings is 1. The summed E-state index contributed by atoms with van der Waals surface area (Å²) in [5.74, 6) is 1.58. The number of hydrogen-bond acceptors (Lipinski definition) is 6. The molecule has 146 valence electrons. The zero-order chi connectivity index (χ0) is 19.4. The highest BCUT2D eigenvalue weighted by atomic mass is 32.1. The van der Waals surface area contributed by atoms with Gasteiger partial charge in [-0.3, -0.25) is 4.79 Å². The maximum Gasteiger partial charge on any atom is 0.227 e. The van der Waals surface area contributed by atoms with Crippen LogP contribution in [0.5, 0.6) is 11.5 Å². The van der Waals surface area contributed by atoms with E-state index in [9.17, 15) is 4.79 Å². The van der Waals surface area contributed by atoms with Crippen molar-refractivity contribution in [3.05, 3.63) is 33.8 Å². The molecule has 1 aromatic carbocycles. The third-order valence-electron chi connectivity index (χ3n) is 4.84. The van der Waals surface area contributed by atoms with E-state index < -0.39 is 0 Å². The summed E-state index contributed by atoms with van der Waals surface area (Å²) in [6.45, 7) is 5.49. The number of rotatable bonds is 6. The Kier molecular flexibility index (Phi) is 6.21. The first-order valence-electron chi connectivity index (χ1n) is 9.19. The number of hydrogen-bond donors (Lipinski definition) is 1. The summed E-state index contributed by atoms with van der Waals surface area (Å²) >= 11 is 1.62. The lowest BCUT2D eigenvalue weighted by Crippen LogP contribution is -2.45. The molecule has 1 aliphatic rings. The summed E-state index contributed by atoms with van der Waals surface area (Å²) in [5.41, 5.74) is 1.95. The number of likely N-dealkylation sites (tertiary alicyclic amines) is 1. The van der Waals surface area contributed by atoms with Crippen molar-refractivity contribution in [1.29, 1.82) is 0 Å². The Bertz CT molecular complexity index is 806. The lowest BCUT2D eigenvalue weighted by atomic mass is 10.0. The van der Waals surface area contributed by atoms with Gasteiger partial charge in [0.05, 0.1) is 31.3 Å². The first-order chi connectivity index (χ1) is 13.0. The smallest absolute Gasteiger partial charge is 0.227 e. The van der Waals surface area contributed by atoms with Crippen LogP contribution in [0, 0.1) is 13.8 Å². The van der Waals surface area contributed by atoms with E-state index in [0.29, 0.717) is 24.5 Å². The molecule has 1 N–H and O–H groups in total. The topological polar surface area (TPSA) is 63.7 Å². The van der Waals surface area contributed by atoms with Gasteiger partial charge in [0.25, 0.3) is 0 Å². The molecule has 0 aliphatic carbocycles. The van der Waals surface area contributed by atoms with Crippen molar-refractivity contribution in [1.82, 2.24) is 9.88 Å². The molecule has 1 atom stereocenters. The number of nitrogens with zero attached hydrogens (tertiary/aromatic N) is 2. The van der Waals surface area contributed by atoms with Gasteiger partial charge in [-0.15, -0.1) is 11.3 Å². The van der Waals surface area contributed by atoms with Gasteiger partial charge in [-0.25, -0.2) is 4.98 Å². The van der Waals surface area contributed by atoms with Gasteiger partial charge < -0.3 is 19.7 Å². The van der Waals surface area contributed by atoms with Crippen LogP contribution in [-0.4, -0.2) is 49.1 Å². The van der Waals surface area contributed by atoms with E-state index in [4.69, 9.17) is 9.47 Å². The van der Waals surface area contributed by atoms with Gasteiger partial charge in [-0.2, -0.15) is 0 Å². The summed E-state index contributed by atoms with van der Waals surface area (Å²) in [6.07, 6.45) is 2.48. The van der Waals surface area contributed by atoms with Crippen LogP contribution in [0.3, 0.4) is 0 Å². The van der Waals surface area contributed by atoms with Gasteiger partial charge in [0, 0.05) is 35.8 Å². The fourth-order valence-corrected chi connectivity index (χ4v) is 4.40. The number of methoxy groups -OCH3 is 2. The first-order valence-corrected chi connectivity index (χ1v) is 10.0. The summed E-state index contributed by atoms with van der Waals surface area (Å²) in [6, 6.07) is 6.03. The number of nitrogens with one attached hydrogen (secondary N) is 1. The molecule has 6 nitrogen and oxygen atoms in total. The number of anilines is 1. The summed E-state index contributed by atoms with van der Waals surface area (Å²) in [4.78, 5) is 20.2. The summed E-state index contributed by atoms with van der Waals surface area (Å²) in [7, 11) is 3.26. The number of carbonyl (C=O) groups is 1. The Labute approximate surface area is 164 Å². The maximum atomic E-state index is 12.8. The van der Waals surface area contributed by atoms with Gasteiger partial charge in [0.15, 0.2) is 11.5 Å². The minimum absolute atomic E-state index is 0.181. The van der Waals surface area contributed by atoms with E-state index in [1.807, 2.05) is 36.9 Å². The summed E-state index contributed by atoms with van der Waals surface area (Å²) in [5, 5.41) is 4.55. The van der Waals surface area contributed by atoms with Gasteiger partial charge in [0.1, 0.15) is 0 Å². The summed E-state index contributed by atoms with van der Waals surface area (Å²) < 4.78 is 10.7. The molecule has 1 fully saturated rings. The molecule has 2 aromatic rings. The third-order valence-corrected chi connectivity index (χ3v) is 5.91. The van der Waals surface area contributed by atoms with Crippen molar-refractivity contribution in [2.24, 2.45) is 0 Å². The molecule has 27 heavy (non-hydrogen) atoms. The molecular formula is C20H27N3O3S. The average Bonchev–Trinajstić information content (AvgIpc) is 2.98. The normalized spacial score (nSPS) is 16.9. The predicted octanol–water partition coefficient (Wildman–Crippen LogP) is 3.42. The molecule has 0 bridgehead atoms. The molecule has 2 heterocycles. The van der Waals surface area contributed by atoms with E-state index in [-0.39, 0.29) is 11.9 Å². The molecule has 1 aromatic heterocycles. The Morgan fingerprint density at radius 1 is 1.30 bits per heavy atom. The molecule has 0 radical (unpaired) electrons. The Morgan fingerprint density at radius 3 is 2.74 bits per heavy atom.